The molecule has 35 heavy (non-hydrogen) atoms. The summed E-state index contributed by atoms with van der Waals surface area (Å²) >= 11 is 6.24. The van der Waals surface area contributed by atoms with Gasteiger partial charge >= 0.3 is 6.09 Å². The van der Waals surface area contributed by atoms with Gasteiger partial charge in [-0.2, -0.15) is 0 Å². The predicted molar refractivity (Wildman–Crippen MR) is 131 cm³/mol. The van der Waals surface area contributed by atoms with E-state index in [0.717, 1.165) is 10.6 Å². The molecular weight excluding hydrogens is 474 g/mol. The van der Waals surface area contributed by atoms with Crippen molar-refractivity contribution in [3.63, 3.8) is 0 Å². The first-order valence-electron chi connectivity index (χ1n) is 11.4. The molecule has 10 nitrogen and oxygen atoms in total. The number of anilines is 3. The van der Waals surface area contributed by atoms with Crippen LogP contribution in [0.25, 0.3) is 0 Å². The van der Waals surface area contributed by atoms with Crippen LogP contribution < -0.4 is 10.2 Å². The van der Waals surface area contributed by atoms with Crippen LogP contribution >= 0.6 is 11.6 Å². The summed E-state index contributed by atoms with van der Waals surface area (Å²) in [5.41, 5.74) is 0.316. The molecule has 2 aliphatic rings. The monoisotopic (exact) mass is 503 g/mol. The maximum atomic E-state index is 13.1. The van der Waals surface area contributed by atoms with Gasteiger partial charge in [0.05, 0.1) is 48.1 Å². The third-order valence-electron chi connectivity index (χ3n) is 5.75. The molecule has 188 valence electrons. The smallest absolute Gasteiger partial charge is 0.417 e. The van der Waals surface area contributed by atoms with Crippen LogP contribution in [0.1, 0.15) is 50.5 Å². The van der Waals surface area contributed by atoms with Crippen molar-refractivity contribution in [1.82, 2.24) is 14.9 Å². The van der Waals surface area contributed by atoms with Crippen molar-refractivity contribution in [2.24, 2.45) is 0 Å². The van der Waals surface area contributed by atoms with E-state index in [0.29, 0.717) is 36.8 Å². The molecule has 0 bridgehead atoms. The first-order chi connectivity index (χ1) is 16.3. The van der Waals surface area contributed by atoms with Gasteiger partial charge in [-0.3, -0.25) is 4.79 Å². The minimum Gasteiger partial charge on any atom is -0.443 e. The lowest BCUT2D eigenvalue weighted by atomic mass is 10.00. The Balaban J connectivity index is 1.51. The number of nitrogens with zero attached hydrogens (tertiary/aromatic N) is 4. The number of morpholine rings is 1. The number of carbonyl (C=O) groups is 2. The molecule has 2 N–H and O–H groups in total. The first kappa shape index (κ1) is 25.2. The number of nitrogens with one attached hydrogen (secondary N) is 1. The van der Waals surface area contributed by atoms with Crippen LogP contribution in [0.15, 0.2) is 24.5 Å². The van der Waals surface area contributed by atoms with Crippen LogP contribution in [0.4, 0.5) is 22.0 Å². The molecule has 4 rings (SSSR count). The molecule has 1 saturated heterocycles. The SMILES string of the molecule is CC(C)(C)OC(=O)N1Cc2c(Cl)ncc(Nc3ccc(N4CCOC(C(C)(C)O)C4)cn3)c2C1=O. The van der Waals surface area contributed by atoms with Crippen molar-refractivity contribution in [2.45, 2.75) is 58.5 Å². The summed E-state index contributed by atoms with van der Waals surface area (Å²) in [5, 5.41) is 13.6. The average molecular weight is 504 g/mol. The third kappa shape index (κ3) is 5.50. The normalized spacial score (nSPS) is 18.5. The molecule has 0 aliphatic carbocycles. The Labute approximate surface area is 209 Å². The Morgan fingerprint density at radius 2 is 1.97 bits per heavy atom. The van der Waals surface area contributed by atoms with Crippen LogP contribution in [-0.4, -0.2) is 69.0 Å². The van der Waals surface area contributed by atoms with E-state index in [-0.39, 0.29) is 23.4 Å². The zero-order valence-corrected chi connectivity index (χ0v) is 21.2. The summed E-state index contributed by atoms with van der Waals surface area (Å²) in [4.78, 5) is 37.4. The highest BCUT2D eigenvalue weighted by atomic mass is 35.5. The van der Waals surface area contributed by atoms with E-state index >= 15 is 0 Å². The second-order valence-corrected chi connectivity index (χ2v) is 10.5. The zero-order valence-electron chi connectivity index (χ0n) is 20.5. The average Bonchev–Trinajstić information content (AvgIpc) is 3.13. The molecule has 0 aromatic carbocycles. The van der Waals surface area contributed by atoms with Gasteiger partial charge in [0.1, 0.15) is 22.7 Å². The number of imide groups is 1. The molecule has 0 saturated carbocycles. The van der Waals surface area contributed by atoms with E-state index in [9.17, 15) is 14.7 Å². The fraction of sp³-hybridized carbons (Fsp3) is 0.500. The largest absolute Gasteiger partial charge is 0.443 e. The van der Waals surface area contributed by atoms with Gasteiger partial charge in [0.15, 0.2) is 0 Å². The van der Waals surface area contributed by atoms with Crippen LogP contribution in [0.3, 0.4) is 0 Å². The highest BCUT2D eigenvalue weighted by Crippen LogP contribution is 2.35. The molecule has 11 heteroatoms. The van der Waals surface area contributed by atoms with Crippen LogP contribution in [0.2, 0.25) is 5.15 Å². The molecule has 1 fully saturated rings. The highest BCUT2D eigenvalue weighted by Gasteiger charge is 2.39. The van der Waals surface area contributed by atoms with Gasteiger partial charge in [0.25, 0.3) is 5.91 Å². The standard InChI is InChI=1S/C24H30ClN5O5/c1-23(2,3)35-22(32)30-12-15-19(21(30)31)16(11-27-20(15)25)28-18-7-6-14(10-26-18)29-8-9-34-17(13-29)24(4,5)33/h6-7,10-11,17,33H,8-9,12-13H2,1-5H3,(H,26,28). The minimum atomic E-state index is -0.949. The molecule has 0 radical (unpaired) electrons. The number of hydrogen-bond donors (Lipinski definition) is 2. The van der Waals surface area contributed by atoms with Crippen LogP contribution in [0, 0.1) is 0 Å². The van der Waals surface area contributed by atoms with Gasteiger partial charge in [-0.1, -0.05) is 11.6 Å². The maximum Gasteiger partial charge on any atom is 0.417 e. The minimum absolute atomic E-state index is 0.0177. The fourth-order valence-electron chi connectivity index (χ4n) is 3.94. The van der Waals surface area contributed by atoms with Crippen LogP contribution in [-0.2, 0) is 16.0 Å². The number of carbonyl (C=O) groups excluding carboxylic acids is 2. The lowest BCUT2D eigenvalue weighted by Gasteiger charge is -2.39. The Morgan fingerprint density at radius 3 is 2.60 bits per heavy atom. The number of aromatic nitrogens is 2. The van der Waals surface area contributed by atoms with E-state index in [2.05, 4.69) is 20.2 Å². The van der Waals surface area contributed by atoms with Crippen LogP contribution in [0.5, 0.6) is 0 Å². The van der Waals surface area contributed by atoms with Crippen molar-refractivity contribution in [1.29, 1.82) is 0 Å². The second-order valence-electron chi connectivity index (χ2n) is 10.2. The van der Waals surface area contributed by atoms with E-state index in [4.69, 9.17) is 21.1 Å². The molecule has 0 spiro atoms. The van der Waals surface area contributed by atoms with Gasteiger partial charge in [0, 0.05) is 18.7 Å². The summed E-state index contributed by atoms with van der Waals surface area (Å²) < 4.78 is 11.1. The Hall–Kier alpha value is -2.95. The van der Waals surface area contributed by atoms with Crippen molar-refractivity contribution in [2.75, 3.05) is 29.9 Å². The number of fused-ring (bicyclic) bond motifs is 1. The number of halogens is 1. The lowest BCUT2D eigenvalue weighted by molar-refractivity contribution is -0.0928. The first-order valence-corrected chi connectivity index (χ1v) is 11.8. The summed E-state index contributed by atoms with van der Waals surface area (Å²) in [5.74, 6) is -0.0143. The van der Waals surface area contributed by atoms with Crippen molar-refractivity contribution in [3.05, 3.63) is 40.8 Å². The number of rotatable bonds is 4. The van der Waals surface area contributed by atoms with Crippen molar-refractivity contribution >= 4 is 40.8 Å². The summed E-state index contributed by atoms with van der Waals surface area (Å²) in [7, 11) is 0. The zero-order chi connectivity index (χ0) is 25.5. The number of aliphatic hydroxyl groups is 1. The molecule has 2 aromatic heterocycles. The van der Waals surface area contributed by atoms with Gasteiger partial charge in [-0.25, -0.2) is 19.7 Å². The van der Waals surface area contributed by atoms with E-state index in [1.165, 1.54) is 6.20 Å². The topological polar surface area (TPSA) is 117 Å². The molecule has 4 heterocycles. The molecule has 1 atom stereocenters. The fourth-order valence-corrected chi connectivity index (χ4v) is 4.14. The molecule has 2 amide bonds. The second kappa shape index (κ2) is 9.25. The number of amides is 2. The molecule has 2 aliphatic heterocycles. The number of pyridine rings is 2. The van der Waals surface area contributed by atoms with Gasteiger partial charge in [-0.15, -0.1) is 0 Å². The molecular formula is C24H30ClN5O5. The van der Waals surface area contributed by atoms with Gasteiger partial charge in [-0.05, 0) is 46.8 Å². The maximum absolute atomic E-state index is 13.1. The molecule has 2 aromatic rings. The number of ether oxygens (including phenoxy) is 2. The summed E-state index contributed by atoms with van der Waals surface area (Å²) in [6.45, 7) is 10.4. The van der Waals surface area contributed by atoms with Crippen molar-refractivity contribution < 1.29 is 24.2 Å². The summed E-state index contributed by atoms with van der Waals surface area (Å²) in [6.07, 6.45) is 2.12. The third-order valence-corrected chi connectivity index (χ3v) is 6.07. The highest BCUT2D eigenvalue weighted by molar-refractivity contribution is 6.31. The molecule has 1 unspecified atom stereocenters. The number of hydrogen-bond acceptors (Lipinski definition) is 9. The lowest BCUT2D eigenvalue weighted by Crippen LogP contribution is -2.52. The van der Waals surface area contributed by atoms with E-state index in [1.54, 1.807) is 46.9 Å². The predicted octanol–water partition coefficient (Wildman–Crippen LogP) is 3.74. The van der Waals surface area contributed by atoms with Crippen molar-refractivity contribution in [3.8, 4) is 0 Å². The van der Waals surface area contributed by atoms with E-state index in [1.807, 2.05) is 6.07 Å². The quantitative estimate of drug-likeness (QED) is 0.601. The van der Waals surface area contributed by atoms with Gasteiger partial charge < -0.3 is 24.8 Å². The Morgan fingerprint density at radius 1 is 1.23 bits per heavy atom. The van der Waals surface area contributed by atoms with Gasteiger partial charge in [0.2, 0.25) is 0 Å². The summed E-state index contributed by atoms with van der Waals surface area (Å²) in [6, 6.07) is 3.69. The van der Waals surface area contributed by atoms with E-state index < -0.39 is 23.2 Å². The Kier molecular flexibility index (Phi) is 6.65. The Bertz CT molecular complexity index is 1130.